The Balaban J connectivity index is 1.15. The number of piperidine rings is 1. The maximum atomic E-state index is 14.4. The number of fused-ring (bicyclic) bond motifs is 1. The molecule has 0 radical (unpaired) electrons. The molecule has 2 fully saturated rings. The molecular formula is C31H33FN4O3. The summed E-state index contributed by atoms with van der Waals surface area (Å²) in [5.74, 6) is -0.424. The third-order valence-corrected chi connectivity index (χ3v) is 8.51. The van der Waals surface area contributed by atoms with E-state index in [9.17, 15) is 19.1 Å². The summed E-state index contributed by atoms with van der Waals surface area (Å²) in [6, 6.07) is 21.4. The van der Waals surface area contributed by atoms with E-state index in [4.69, 9.17) is 0 Å². The number of likely N-dealkylation sites (tertiary alicyclic amines) is 1. The topological polar surface area (TPSA) is 80.4 Å². The molecule has 1 N–H and O–H groups in total. The summed E-state index contributed by atoms with van der Waals surface area (Å²) in [7, 11) is 0. The van der Waals surface area contributed by atoms with Gasteiger partial charge in [-0.3, -0.25) is 14.2 Å². The minimum Gasteiger partial charge on any atom is -0.388 e. The van der Waals surface area contributed by atoms with E-state index in [0.29, 0.717) is 49.8 Å². The van der Waals surface area contributed by atoms with Gasteiger partial charge in [-0.15, -0.1) is 0 Å². The van der Waals surface area contributed by atoms with Gasteiger partial charge in [0.15, 0.2) is 5.65 Å². The zero-order chi connectivity index (χ0) is 27.0. The molecule has 8 heteroatoms. The molecule has 2 aromatic heterocycles. The number of halogens is 1. The number of hydrogen-bond donors (Lipinski definition) is 1. The minimum atomic E-state index is -1.13. The fourth-order valence-electron chi connectivity index (χ4n) is 6.31. The summed E-state index contributed by atoms with van der Waals surface area (Å²) in [6.45, 7) is 0.855. The average molecular weight is 529 g/mol. The normalized spacial score (nSPS) is 23.1. The number of aromatic nitrogens is 3. The van der Waals surface area contributed by atoms with Crippen LogP contribution in [0.15, 0.2) is 84.0 Å². The minimum absolute atomic E-state index is 0.00563. The Hall–Kier alpha value is -3.78. The van der Waals surface area contributed by atoms with Gasteiger partial charge < -0.3 is 14.6 Å². The standard InChI is InChI=1S/C31H33FN4O3/c32-23-11-12-25(22-7-3-1-4-8-22)27(19-23)30(38)34-17-14-31(39,15-18-34)20-35-21-33-28-26(29(35)37)13-16-36(28)24-9-5-2-6-10-24/h1-10,13,16,21,23,25,27,39H,11-12,14-15,17-20H2. The first-order valence-electron chi connectivity index (χ1n) is 13.7. The van der Waals surface area contributed by atoms with Crippen LogP contribution >= 0.6 is 0 Å². The van der Waals surface area contributed by atoms with E-state index in [2.05, 4.69) is 4.98 Å². The highest BCUT2D eigenvalue weighted by Gasteiger charge is 2.41. The average Bonchev–Trinajstić information content (AvgIpc) is 3.40. The van der Waals surface area contributed by atoms with Crippen LogP contribution in [-0.2, 0) is 11.3 Å². The second kappa shape index (κ2) is 10.4. The van der Waals surface area contributed by atoms with Crippen molar-refractivity contribution in [3.8, 4) is 5.69 Å². The molecule has 6 rings (SSSR count). The van der Waals surface area contributed by atoms with Crippen LogP contribution in [0.5, 0.6) is 0 Å². The monoisotopic (exact) mass is 528 g/mol. The Morgan fingerprint density at radius 2 is 1.69 bits per heavy atom. The number of amides is 1. The van der Waals surface area contributed by atoms with E-state index in [1.807, 2.05) is 71.4 Å². The molecule has 3 atom stereocenters. The van der Waals surface area contributed by atoms with Gasteiger partial charge >= 0.3 is 0 Å². The quantitative estimate of drug-likeness (QED) is 0.415. The van der Waals surface area contributed by atoms with Crippen molar-refractivity contribution >= 4 is 16.9 Å². The Bertz CT molecular complexity index is 1510. The first kappa shape index (κ1) is 25.5. The van der Waals surface area contributed by atoms with Gasteiger partial charge in [0.05, 0.1) is 17.5 Å². The van der Waals surface area contributed by atoms with Crippen LogP contribution in [0.3, 0.4) is 0 Å². The SMILES string of the molecule is O=C(C1CC(F)CCC1c1ccccc1)N1CCC(O)(Cn2cnc3c(ccn3-c3ccccc3)c2=O)CC1. The first-order valence-corrected chi connectivity index (χ1v) is 13.7. The lowest BCUT2D eigenvalue weighted by molar-refractivity contribution is -0.142. The maximum Gasteiger partial charge on any atom is 0.262 e. The predicted octanol–water partition coefficient (Wildman–Crippen LogP) is 4.46. The van der Waals surface area contributed by atoms with Crippen molar-refractivity contribution in [1.82, 2.24) is 19.0 Å². The zero-order valence-electron chi connectivity index (χ0n) is 21.8. The Morgan fingerprint density at radius 3 is 2.41 bits per heavy atom. The Morgan fingerprint density at radius 1 is 1.00 bits per heavy atom. The van der Waals surface area contributed by atoms with Crippen molar-refractivity contribution in [2.24, 2.45) is 5.92 Å². The number of alkyl halides is 1. The number of carbonyl (C=O) groups is 1. The molecule has 1 aliphatic heterocycles. The van der Waals surface area contributed by atoms with Crippen LogP contribution < -0.4 is 5.56 Å². The van der Waals surface area contributed by atoms with Gasteiger partial charge in [-0.1, -0.05) is 48.5 Å². The number of para-hydroxylation sites is 1. The molecule has 39 heavy (non-hydrogen) atoms. The van der Waals surface area contributed by atoms with Gasteiger partial charge in [-0.05, 0) is 61.8 Å². The number of carbonyl (C=O) groups excluding carboxylic acids is 1. The van der Waals surface area contributed by atoms with Gasteiger partial charge in [0.25, 0.3) is 5.56 Å². The van der Waals surface area contributed by atoms with Crippen LogP contribution in [0.1, 0.15) is 43.6 Å². The lowest BCUT2D eigenvalue weighted by Crippen LogP contribution is -2.52. The van der Waals surface area contributed by atoms with Gasteiger partial charge in [-0.2, -0.15) is 0 Å². The van der Waals surface area contributed by atoms with Crippen molar-refractivity contribution in [2.75, 3.05) is 13.1 Å². The highest BCUT2D eigenvalue weighted by atomic mass is 19.1. The summed E-state index contributed by atoms with van der Waals surface area (Å²) in [5.41, 5.74) is 1.23. The van der Waals surface area contributed by atoms with Gasteiger partial charge in [0, 0.05) is 30.9 Å². The predicted molar refractivity (Wildman–Crippen MR) is 148 cm³/mol. The second-order valence-electron chi connectivity index (χ2n) is 11.0. The van der Waals surface area contributed by atoms with E-state index in [-0.39, 0.29) is 30.3 Å². The zero-order valence-corrected chi connectivity index (χ0v) is 21.8. The summed E-state index contributed by atoms with van der Waals surface area (Å²) in [4.78, 5) is 33.2. The number of rotatable bonds is 5. The molecule has 7 nitrogen and oxygen atoms in total. The molecule has 0 spiro atoms. The van der Waals surface area contributed by atoms with Crippen LogP contribution in [0, 0.1) is 5.92 Å². The van der Waals surface area contributed by atoms with Crippen LogP contribution in [0.4, 0.5) is 4.39 Å². The fourth-order valence-corrected chi connectivity index (χ4v) is 6.31. The molecule has 1 saturated heterocycles. The van der Waals surface area contributed by atoms with E-state index in [1.165, 1.54) is 10.9 Å². The number of benzene rings is 2. The maximum absolute atomic E-state index is 14.4. The van der Waals surface area contributed by atoms with Crippen molar-refractivity contribution in [3.63, 3.8) is 0 Å². The summed E-state index contributed by atoms with van der Waals surface area (Å²) < 4.78 is 17.8. The molecule has 0 bridgehead atoms. The molecular weight excluding hydrogens is 495 g/mol. The van der Waals surface area contributed by atoms with Crippen LogP contribution in [-0.4, -0.2) is 54.9 Å². The lowest BCUT2D eigenvalue weighted by Gasteiger charge is -2.42. The van der Waals surface area contributed by atoms with E-state index < -0.39 is 17.7 Å². The van der Waals surface area contributed by atoms with E-state index >= 15 is 0 Å². The Kier molecular flexibility index (Phi) is 6.81. The molecule has 3 heterocycles. The summed E-state index contributed by atoms with van der Waals surface area (Å²) in [6.07, 6.45) is 4.41. The summed E-state index contributed by atoms with van der Waals surface area (Å²) in [5, 5.41) is 11.9. The van der Waals surface area contributed by atoms with Crippen molar-refractivity contribution in [2.45, 2.75) is 56.3 Å². The third kappa shape index (κ3) is 5.01. The molecule has 1 saturated carbocycles. The number of aliphatic hydroxyl groups is 1. The van der Waals surface area contributed by atoms with E-state index in [0.717, 1.165) is 11.3 Å². The lowest BCUT2D eigenvalue weighted by atomic mass is 9.74. The van der Waals surface area contributed by atoms with Crippen molar-refractivity contribution < 1.29 is 14.3 Å². The second-order valence-corrected chi connectivity index (χ2v) is 11.0. The molecule has 1 aliphatic carbocycles. The molecule has 3 unspecified atom stereocenters. The van der Waals surface area contributed by atoms with E-state index in [1.54, 1.807) is 11.0 Å². The number of hydrogen-bond acceptors (Lipinski definition) is 4. The molecule has 202 valence electrons. The van der Waals surface area contributed by atoms with Gasteiger partial charge in [-0.25, -0.2) is 9.37 Å². The molecule has 4 aromatic rings. The largest absolute Gasteiger partial charge is 0.388 e. The van der Waals surface area contributed by atoms with Crippen LogP contribution in [0.25, 0.3) is 16.7 Å². The molecule has 2 aliphatic rings. The van der Waals surface area contributed by atoms with Gasteiger partial charge in [0.1, 0.15) is 12.5 Å². The van der Waals surface area contributed by atoms with Crippen molar-refractivity contribution in [1.29, 1.82) is 0 Å². The smallest absolute Gasteiger partial charge is 0.262 e. The first-order chi connectivity index (χ1) is 18.9. The highest BCUT2D eigenvalue weighted by Crippen LogP contribution is 2.40. The highest BCUT2D eigenvalue weighted by molar-refractivity contribution is 5.80. The third-order valence-electron chi connectivity index (χ3n) is 8.51. The fraction of sp³-hybridized carbons (Fsp3) is 0.387. The Labute approximate surface area is 226 Å². The van der Waals surface area contributed by atoms with Crippen LogP contribution in [0.2, 0.25) is 0 Å². The summed E-state index contributed by atoms with van der Waals surface area (Å²) >= 11 is 0. The number of nitrogens with zero attached hydrogens (tertiary/aromatic N) is 4. The van der Waals surface area contributed by atoms with Gasteiger partial charge in [0.2, 0.25) is 5.91 Å². The molecule has 2 aromatic carbocycles. The molecule has 1 amide bonds. The van der Waals surface area contributed by atoms with Crippen molar-refractivity contribution in [3.05, 3.63) is 95.2 Å².